The number of nitrogens with zero attached hydrogens (tertiary/aromatic N) is 1. The van der Waals surface area contributed by atoms with E-state index in [1.807, 2.05) is 0 Å². The van der Waals surface area contributed by atoms with Gasteiger partial charge < -0.3 is 20.3 Å². The van der Waals surface area contributed by atoms with Crippen molar-refractivity contribution in [2.45, 2.75) is 6.61 Å². The highest BCUT2D eigenvalue weighted by molar-refractivity contribution is 6.36. The van der Waals surface area contributed by atoms with Gasteiger partial charge in [0.05, 0.1) is 18.7 Å². The Morgan fingerprint density at radius 1 is 1.20 bits per heavy atom. The molecule has 0 bridgehead atoms. The van der Waals surface area contributed by atoms with E-state index in [2.05, 4.69) is 4.98 Å². The van der Waals surface area contributed by atoms with Gasteiger partial charge >= 0.3 is 0 Å². The first kappa shape index (κ1) is 14.7. The molecule has 5 nitrogen and oxygen atoms in total. The molecule has 0 amide bonds. The summed E-state index contributed by atoms with van der Waals surface area (Å²) in [7, 11) is 1.49. The molecule has 2 rings (SSSR count). The Labute approximate surface area is 125 Å². The second-order valence-corrected chi connectivity index (χ2v) is 4.70. The summed E-state index contributed by atoms with van der Waals surface area (Å²) in [5.74, 6) is 1.10. The number of hydrogen-bond acceptors (Lipinski definition) is 5. The van der Waals surface area contributed by atoms with Gasteiger partial charge in [-0.3, -0.25) is 0 Å². The third kappa shape index (κ3) is 3.07. The largest absolute Gasteiger partial charge is 0.493 e. The molecule has 0 unspecified atom stereocenters. The number of aliphatic hydroxyl groups excluding tert-OH is 1. The van der Waals surface area contributed by atoms with Crippen LogP contribution in [0.1, 0.15) is 5.56 Å². The van der Waals surface area contributed by atoms with Crippen molar-refractivity contribution in [3.63, 3.8) is 0 Å². The second-order valence-electron chi connectivity index (χ2n) is 3.89. The van der Waals surface area contributed by atoms with Crippen LogP contribution in [0.5, 0.6) is 17.4 Å². The van der Waals surface area contributed by atoms with E-state index in [1.54, 1.807) is 18.2 Å². The summed E-state index contributed by atoms with van der Waals surface area (Å²) in [6.07, 6.45) is 0. The third-order valence-corrected chi connectivity index (χ3v) is 3.12. The number of rotatable bonds is 4. The molecular formula is C13H12Cl2N2O3. The number of anilines is 1. The minimum atomic E-state index is -0.0937. The monoisotopic (exact) mass is 314 g/mol. The van der Waals surface area contributed by atoms with Crippen LogP contribution in [0.2, 0.25) is 10.0 Å². The average molecular weight is 315 g/mol. The number of nitrogens with two attached hydrogens (primary N) is 1. The molecule has 0 spiro atoms. The molecule has 7 heteroatoms. The van der Waals surface area contributed by atoms with Gasteiger partial charge in [0.15, 0.2) is 11.5 Å². The Bertz CT molecular complexity index is 635. The number of ether oxygens (including phenoxy) is 2. The minimum absolute atomic E-state index is 0.0937. The quantitative estimate of drug-likeness (QED) is 0.905. The van der Waals surface area contributed by atoms with E-state index < -0.39 is 0 Å². The summed E-state index contributed by atoms with van der Waals surface area (Å²) in [5, 5.41) is 9.58. The Morgan fingerprint density at radius 2 is 1.95 bits per heavy atom. The minimum Gasteiger partial charge on any atom is -0.493 e. The van der Waals surface area contributed by atoms with Crippen LogP contribution < -0.4 is 15.2 Å². The fourth-order valence-corrected chi connectivity index (χ4v) is 1.93. The Kier molecular flexibility index (Phi) is 4.54. The van der Waals surface area contributed by atoms with Crippen LogP contribution in [0.4, 0.5) is 5.82 Å². The molecule has 0 aliphatic rings. The molecule has 1 heterocycles. The maximum absolute atomic E-state index is 9.09. The van der Waals surface area contributed by atoms with Crippen LogP contribution >= 0.6 is 23.2 Å². The number of methoxy groups -OCH3 is 1. The summed E-state index contributed by atoms with van der Waals surface area (Å²) in [6.45, 7) is -0.0937. The van der Waals surface area contributed by atoms with Gasteiger partial charge in [-0.1, -0.05) is 29.3 Å². The third-order valence-electron chi connectivity index (χ3n) is 2.54. The van der Waals surface area contributed by atoms with Gasteiger partial charge in [0.2, 0.25) is 5.88 Å². The lowest BCUT2D eigenvalue weighted by molar-refractivity contribution is 0.280. The molecule has 0 saturated carbocycles. The fraction of sp³-hybridized carbons (Fsp3) is 0.154. The van der Waals surface area contributed by atoms with Crippen molar-refractivity contribution in [3.05, 3.63) is 39.9 Å². The molecule has 0 aliphatic carbocycles. The maximum Gasteiger partial charge on any atom is 0.240 e. The molecule has 2 aromatic rings. The summed E-state index contributed by atoms with van der Waals surface area (Å²) < 4.78 is 10.8. The lowest BCUT2D eigenvalue weighted by Gasteiger charge is -2.12. The van der Waals surface area contributed by atoms with Gasteiger partial charge in [0.25, 0.3) is 0 Å². The predicted molar refractivity (Wildman–Crippen MR) is 77.7 cm³/mol. The van der Waals surface area contributed by atoms with E-state index in [9.17, 15) is 0 Å². The zero-order valence-electron chi connectivity index (χ0n) is 10.6. The lowest BCUT2D eigenvalue weighted by atomic mass is 10.2. The molecule has 0 radical (unpaired) electrons. The molecule has 0 saturated heterocycles. The van der Waals surface area contributed by atoms with E-state index in [1.165, 1.54) is 13.2 Å². The van der Waals surface area contributed by atoms with Crippen LogP contribution in [0.15, 0.2) is 24.3 Å². The number of nitrogen functional groups attached to an aromatic ring is 1. The SMILES string of the molecule is COc1cc(CO)ccc1Oc1nc(N)c(Cl)cc1Cl. The molecule has 1 aromatic carbocycles. The first-order valence-corrected chi connectivity index (χ1v) is 6.38. The molecule has 0 fully saturated rings. The highest BCUT2D eigenvalue weighted by atomic mass is 35.5. The van der Waals surface area contributed by atoms with Crippen LogP contribution in [-0.2, 0) is 6.61 Å². The standard InChI is InChI=1S/C13H12Cl2N2O3/c1-19-11-4-7(6-18)2-3-10(11)20-13-9(15)5-8(14)12(16)17-13/h2-5,18H,6H2,1H3,(H2,16,17). The van der Waals surface area contributed by atoms with Gasteiger partial charge in [-0.05, 0) is 23.8 Å². The number of halogens is 2. The van der Waals surface area contributed by atoms with Crippen LogP contribution in [0, 0.1) is 0 Å². The van der Waals surface area contributed by atoms with E-state index in [-0.39, 0.29) is 28.3 Å². The molecule has 0 aliphatic heterocycles. The molecule has 20 heavy (non-hydrogen) atoms. The van der Waals surface area contributed by atoms with Crippen molar-refractivity contribution in [3.8, 4) is 17.4 Å². The van der Waals surface area contributed by atoms with Crippen molar-refractivity contribution in [1.29, 1.82) is 0 Å². The van der Waals surface area contributed by atoms with Crippen LogP contribution in [0.25, 0.3) is 0 Å². The average Bonchev–Trinajstić information content (AvgIpc) is 2.45. The van der Waals surface area contributed by atoms with Gasteiger partial charge in [-0.15, -0.1) is 0 Å². The Balaban J connectivity index is 2.37. The van der Waals surface area contributed by atoms with Gasteiger partial charge in [0.1, 0.15) is 10.8 Å². The van der Waals surface area contributed by atoms with Crippen molar-refractivity contribution < 1.29 is 14.6 Å². The number of aliphatic hydroxyl groups is 1. The number of aromatic nitrogens is 1. The second kappa shape index (κ2) is 6.17. The highest BCUT2D eigenvalue weighted by Crippen LogP contribution is 2.36. The van der Waals surface area contributed by atoms with Crippen molar-refractivity contribution >= 4 is 29.0 Å². The number of hydrogen-bond donors (Lipinski definition) is 2. The van der Waals surface area contributed by atoms with Crippen molar-refractivity contribution in [2.75, 3.05) is 12.8 Å². The molecule has 3 N–H and O–H groups in total. The summed E-state index contributed by atoms with van der Waals surface area (Å²) in [4.78, 5) is 3.97. The van der Waals surface area contributed by atoms with E-state index in [0.29, 0.717) is 17.1 Å². The van der Waals surface area contributed by atoms with Crippen molar-refractivity contribution in [1.82, 2.24) is 4.98 Å². The lowest BCUT2D eigenvalue weighted by Crippen LogP contribution is -1.97. The van der Waals surface area contributed by atoms with Gasteiger partial charge in [-0.2, -0.15) is 4.98 Å². The normalized spacial score (nSPS) is 10.4. The van der Waals surface area contributed by atoms with E-state index in [4.69, 9.17) is 43.5 Å². The first-order valence-electron chi connectivity index (χ1n) is 5.62. The molecular weight excluding hydrogens is 303 g/mol. The molecule has 106 valence electrons. The molecule has 1 aromatic heterocycles. The smallest absolute Gasteiger partial charge is 0.240 e. The molecule has 0 atom stereocenters. The zero-order valence-corrected chi connectivity index (χ0v) is 12.1. The predicted octanol–water partition coefficient (Wildman–Crippen LogP) is 3.26. The number of pyridine rings is 1. The van der Waals surface area contributed by atoms with E-state index in [0.717, 1.165) is 0 Å². The summed E-state index contributed by atoms with van der Waals surface area (Å²) in [6, 6.07) is 6.45. The van der Waals surface area contributed by atoms with Crippen LogP contribution in [0.3, 0.4) is 0 Å². The van der Waals surface area contributed by atoms with Crippen molar-refractivity contribution in [2.24, 2.45) is 0 Å². The van der Waals surface area contributed by atoms with Crippen LogP contribution in [-0.4, -0.2) is 17.2 Å². The van der Waals surface area contributed by atoms with E-state index >= 15 is 0 Å². The fourth-order valence-electron chi connectivity index (χ4n) is 1.53. The topological polar surface area (TPSA) is 77.6 Å². The van der Waals surface area contributed by atoms with Gasteiger partial charge in [0, 0.05) is 0 Å². The Hall–Kier alpha value is -1.69. The summed E-state index contributed by atoms with van der Waals surface area (Å²) >= 11 is 11.8. The first-order chi connectivity index (χ1) is 9.55. The number of benzene rings is 1. The van der Waals surface area contributed by atoms with Gasteiger partial charge in [-0.25, -0.2) is 0 Å². The maximum atomic E-state index is 9.09. The summed E-state index contributed by atoms with van der Waals surface area (Å²) in [5.41, 5.74) is 6.31. The zero-order chi connectivity index (χ0) is 14.7. The highest BCUT2D eigenvalue weighted by Gasteiger charge is 2.12. The Morgan fingerprint density at radius 3 is 2.60 bits per heavy atom.